The maximum atomic E-state index is 9.64. The molecule has 0 saturated heterocycles. The minimum Gasteiger partial charge on any atom is -0.494 e. The van der Waals surface area contributed by atoms with E-state index in [2.05, 4.69) is 74.5 Å². The van der Waals surface area contributed by atoms with Gasteiger partial charge in [0.2, 0.25) is 0 Å². The van der Waals surface area contributed by atoms with E-state index in [0.717, 1.165) is 57.7 Å². The van der Waals surface area contributed by atoms with Crippen LogP contribution in [0.3, 0.4) is 0 Å². The van der Waals surface area contributed by atoms with Crippen molar-refractivity contribution in [2.24, 2.45) is 0 Å². The summed E-state index contributed by atoms with van der Waals surface area (Å²) in [4.78, 5) is 0. The van der Waals surface area contributed by atoms with E-state index >= 15 is 0 Å². The van der Waals surface area contributed by atoms with Crippen LogP contribution in [0, 0.1) is 22.7 Å². The van der Waals surface area contributed by atoms with Crippen molar-refractivity contribution in [2.45, 2.75) is 142 Å². The van der Waals surface area contributed by atoms with Crippen LogP contribution in [-0.2, 0) is 0 Å². The molecule has 0 fully saturated rings. The average Bonchev–Trinajstić information content (AvgIpc) is 3.21. The standard InChI is InChI=1S/C50H64N2O2/c1-3-5-7-9-11-13-15-17-19-21-29-53-49-35-45(43-27-23-25-41(31-43)39-51)33-47(37-49)48-34-46(44-28-24-26-42(32-44)40-52)36-50(38-48)54-30-22-20-18-16-14-12-10-8-6-4-2/h23-28,31-38H,3-22,29-30H2,1-2H3. The minimum atomic E-state index is 0.632. The predicted molar refractivity (Wildman–Crippen MR) is 227 cm³/mol. The van der Waals surface area contributed by atoms with Crippen molar-refractivity contribution in [1.82, 2.24) is 0 Å². The summed E-state index contributed by atoms with van der Waals surface area (Å²) in [5.41, 5.74) is 7.29. The van der Waals surface area contributed by atoms with Crippen molar-refractivity contribution in [3.63, 3.8) is 0 Å². The highest BCUT2D eigenvalue weighted by atomic mass is 16.5. The Morgan fingerprint density at radius 2 is 0.685 bits per heavy atom. The normalized spacial score (nSPS) is 10.9. The van der Waals surface area contributed by atoms with Gasteiger partial charge in [0.25, 0.3) is 0 Å². The summed E-state index contributed by atoms with van der Waals surface area (Å²) in [6.07, 6.45) is 25.7. The summed E-state index contributed by atoms with van der Waals surface area (Å²) in [5.74, 6) is 1.65. The van der Waals surface area contributed by atoms with Crippen molar-refractivity contribution in [3.8, 4) is 57.0 Å². The highest BCUT2D eigenvalue weighted by molar-refractivity contribution is 5.80. The summed E-state index contributed by atoms with van der Waals surface area (Å²) in [6, 6.07) is 32.9. The summed E-state index contributed by atoms with van der Waals surface area (Å²) in [6.45, 7) is 5.89. The first-order valence-electron chi connectivity index (χ1n) is 21.2. The van der Waals surface area contributed by atoms with Gasteiger partial charge in [-0.25, -0.2) is 0 Å². The van der Waals surface area contributed by atoms with Crippen LogP contribution in [0.4, 0.5) is 0 Å². The van der Waals surface area contributed by atoms with E-state index in [0.29, 0.717) is 24.3 Å². The summed E-state index contributed by atoms with van der Waals surface area (Å²) >= 11 is 0. The van der Waals surface area contributed by atoms with Gasteiger partial charge in [0, 0.05) is 0 Å². The molecule has 0 aliphatic heterocycles. The van der Waals surface area contributed by atoms with Gasteiger partial charge in [-0.2, -0.15) is 10.5 Å². The number of hydrogen-bond donors (Lipinski definition) is 0. The largest absolute Gasteiger partial charge is 0.494 e. The monoisotopic (exact) mass is 724 g/mol. The molecule has 0 N–H and O–H groups in total. The molecule has 4 heteroatoms. The smallest absolute Gasteiger partial charge is 0.120 e. The van der Waals surface area contributed by atoms with E-state index in [1.54, 1.807) is 0 Å². The first-order valence-corrected chi connectivity index (χ1v) is 21.2. The van der Waals surface area contributed by atoms with Gasteiger partial charge < -0.3 is 9.47 Å². The van der Waals surface area contributed by atoms with Gasteiger partial charge >= 0.3 is 0 Å². The number of hydrogen-bond acceptors (Lipinski definition) is 4. The first-order chi connectivity index (χ1) is 26.6. The Morgan fingerprint density at radius 3 is 1.02 bits per heavy atom. The predicted octanol–water partition coefficient (Wildman–Crippen LogP) is 15.0. The Balaban J connectivity index is 1.49. The number of ether oxygens (including phenoxy) is 2. The molecule has 54 heavy (non-hydrogen) atoms. The number of rotatable bonds is 27. The SMILES string of the molecule is CCCCCCCCCCCCOc1cc(-c2cccc(C#N)c2)cc(-c2cc(OCCCCCCCCCCCC)cc(-c3cccc(C#N)c3)c2)c1. The van der Waals surface area contributed by atoms with Gasteiger partial charge in [-0.05, 0) is 107 Å². The van der Waals surface area contributed by atoms with Crippen LogP contribution in [0.2, 0.25) is 0 Å². The molecule has 4 rings (SSSR count). The van der Waals surface area contributed by atoms with Gasteiger partial charge in [0.1, 0.15) is 11.5 Å². The quantitative estimate of drug-likeness (QED) is 0.0574. The van der Waals surface area contributed by atoms with Crippen LogP contribution in [-0.4, -0.2) is 13.2 Å². The third-order valence-electron chi connectivity index (χ3n) is 10.3. The van der Waals surface area contributed by atoms with Gasteiger partial charge in [0.05, 0.1) is 36.5 Å². The molecule has 4 aromatic rings. The van der Waals surface area contributed by atoms with E-state index in [1.165, 1.54) is 116 Å². The average molecular weight is 725 g/mol. The molecule has 0 unspecified atom stereocenters. The molecule has 0 amide bonds. The second-order valence-corrected chi connectivity index (χ2v) is 14.9. The second-order valence-electron chi connectivity index (χ2n) is 14.9. The van der Waals surface area contributed by atoms with E-state index in [9.17, 15) is 10.5 Å². The molecule has 0 aliphatic carbocycles. The third kappa shape index (κ3) is 15.4. The van der Waals surface area contributed by atoms with Gasteiger partial charge in [0.15, 0.2) is 0 Å². The van der Waals surface area contributed by atoms with Gasteiger partial charge in [-0.15, -0.1) is 0 Å². The Kier molecular flexibility index (Phi) is 19.9. The maximum Gasteiger partial charge on any atom is 0.120 e. The van der Waals surface area contributed by atoms with Crippen molar-refractivity contribution in [2.75, 3.05) is 13.2 Å². The molecule has 0 aromatic heterocycles. The molecule has 0 radical (unpaired) electrons. The highest BCUT2D eigenvalue weighted by Crippen LogP contribution is 2.37. The van der Waals surface area contributed by atoms with E-state index < -0.39 is 0 Å². The van der Waals surface area contributed by atoms with Crippen LogP contribution in [0.15, 0.2) is 84.9 Å². The fraction of sp³-hybridized carbons (Fsp3) is 0.480. The minimum absolute atomic E-state index is 0.632. The van der Waals surface area contributed by atoms with E-state index in [1.807, 2.05) is 36.4 Å². The zero-order valence-corrected chi connectivity index (χ0v) is 33.4. The molecule has 0 atom stereocenters. The molecule has 0 aliphatic rings. The number of nitriles is 2. The fourth-order valence-corrected chi connectivity index (χ4v) is 7.13. The van der Waals surface area contributed by atoms with Crippen molar-refractivity contribution < 1.29 is 9.47 Å². The Bertz CT molecular complexity index is 1620. The molecule has 4 aromatic carbocycles. The van der Waals surface area contributed by atoms with Crippen LogP contribution < -0.4 is 9.47 Å². The van der Waals surface area contributed by atoms with Crippen molar-refractivity contribution in [3.05, 3.63) is 96.1 Å². The second kappa shape index (κ2) is 25.5. The summed E-state index contributed by atoms with van der Waals surface area (Å²) in [7, 11) is 0. The van der Waals surface area contributed by atoms with Crippen LogP contribution in [0.1, 0.15) is 153 Å². The lowest BCUT2D eigenvalue weighted by Crippen LogP contribution is -1.99. The zero-order chi connectivity index (χ0) is 38.1. The van der Waals surface area contributed by atoms with Crippen LogP contribution in [0.25, 0.3) is 33.4 Å². The molecular formula is C50H64N2O2. The van der Waals surface area contributed by atoms with Crippen LogP contribution in [0.5, 0.6) is 11.5 Å². The van der Waals surface area contributed by atoms with Crippen molar-refractivity contribution >= 4 is 0 Å². The summed E-state index contributed by atoms with van der Waals surface area (Å²) in [5, 5.41) is 19.3. The van der Waals surface area contributed by atoms with Gasteiger partial charge in [-0.3, -0.25) is 0 Å². The lowest BCUT2D eigenvalue weighted by molar-refractivity contribution is 0.304. The Morgan fingerprint density at radius 1 is 0.370 bits per heavy atom. The molecule has 0 spiro atoms. The molecule has 0 heterocycles. The fourth-order valence-electron chi connectivity index (χ4n) is 7.13. The number of nitrogens with zero attached hydrogens (tertiary/aromatic N) is 2. The third-order valence-corrected chi connectivity index (χ3v) is 10.3. The Labute approximate surface area is 327 Å². The molecule has 286 valence electrons. The van der Waals surface area contributed by atoms with E-state index in [4.69, 9.17) is 9.47 Å². The lowest BCUT2D eigenvalue weighted by Gasteiger charge is -2.15. The number of benzene rings is 4. The van der Waals surface area contributed by atoms with Crippen molar-refractivity contribution in [1.29, 1.82) is 10.5 Å². The Hall–Kier alpha value is -4.54. The van der Waals surface area contributed by atoms with Crippen LogP contribution >= 0.6 is 0 Å². The molecule has 4 nitrogen and oxygen atoms in total. The van der Waals surface area contributed by atoms with Gasteiger partial charge in [-0.1, -0.05) is 154 Å². The maximum absolute atomic E-state index is 9.64. The number of unbranched alkanes of at least 4 members (excludes halogenated alkanes) is 18. The molecular weight excluding hydrogens is 661 g/mol. The highest BCUT2D eigenvalue weighted by Gasteiger charge is 2.12. The summed E-state index contributed by atoms with van der Waals surface area (Å²) < 4.78 is 12.9. The molecule has 0 saturated carbocycles. The topological polar surface area (TPSA) is 66.0 Å². The lowest BCUT2D eigenvalue weighted by atomic mass is 9.94. The van der Waals surface area contributed by atoms with E-state index in [-0.39, 0.29) is 0 Å². The molecule has 0 bridgehead atoms. The zero-order valence-electron chi connectivity index (χ0n) is 33.4. The first kappa shape index (κ1) is 42.2.